The van der Waals surface area contributed by atoms with Crippen molar-refractivity contribution < 1.29 is 0 Å². The van der Waals surface area contributed by atoms with Crippen LogP contribution in [-0.4, -0.2) is 0 Å². The summed E-state index contributed by atoms with van der Waals surface area (Å²) in [7, 11) is 0. The zero-order valence-corrected chi connectivity index (χ0v) is 20.9. The Morgan fingerprint density at radius 3 is 2.33 bits per heavy atom. The van der Waals surface area contributed by atoms with Crippen molar-refractivity contribution in [1.82, 2.24) is 0 Å². The molecule has 0 aromatic heterocycles. The van der Waals surface area contributed by atoms with Crippen LogP contribution in [0.3, 0.4) is 0 Å². The molecule has 0 heterocycles. The van der Waals surface area contributed by atoms with Crippen LogP contribution in [0.15, 0.2) is 35.5 Å². The number of allylic oxidation sites excluding steroid dienone is 5. The van der Waals surface area contributed by atoms with Gasteiger partial charge in [-0.15, -0.1) is 0 Å². The van der Waals surface area contributed by atoms with E-state index in [0.29, 0.717) is 21.7 Å². The summed E-state index contributed by atoms with van der Waals surface area (Å²) in [6.07, 6.45) is 16.5. The molecule has 30 heavy (non-hydrogen) atoms. The molecule has 4 bridgehead atoms. The zero-order chi connectivity index (χ0) is 21.7. The van der Waals surface area contributed by atoms with Gasteiger partial charge < -0.3 is 0 Å². The van der Waals surface area contributed by atoms with E-state index in [1.54, 1.807) is 11.1 Å². The van der Waals surface area contributed by atoms with Crippen LogP contribution in [0.25, 0.3) is 0 Å². The predicted octanol–water partition coefficient (Wildman–Crippen LogP) is 8.75. The molecule has 2 spiro atoms. The summed E-state index contributed by atoms with van der Waals surface area (Å²) in [4.78, 5) is 0. The monoisotopic (exact) mass is 406 g/mol. The summed E-state index contributed by atoms with van der Waals surface area (Å²) in [5.74, 6) is 4.65. The van der Waals surface area contributed by atoms with Crippen molar-refractivity contribution in [3.63, 3.8) is 0 Å². The van der Waals surface area contributed by atoms with Gasteiger partial charge in [-0.2, -0.15) is 0 Å². The largest absolute Gasteiger partial charge is 0.0955 e. The number of rotatable bonds is 0. The zero-order valence-electron chi connectivity index (χ0n) is 20.9. The summed E-state index contributed by atoms with van der Waals surface area (Å²) in [6.45, 7) is 21.6. The third-order valence-electron chi connectivity index (χ3n) is 12.0. The normalized spacial score (nSPS) is 49.0. The molecule has 0 aromatic rings. The van der Waals surface area contributed by atoms with Gasteiger partial charge in [0.1, 0.15) is 0 Å². The molecular formula is C30H46. The maximum absolute atomic E-state index is 4.27. The van der Waals surface area contributed by atoms with Crippen LogP contribution in [0.4, 0.5) is 0 Å². The second-order valence-electron chi connectivity index (χ2n) is 13.5. The Bertz CT molecular complexity index is 819. The van der Waals surface area contributed by atoms with Crippen LogP contribution in [-0.2, 0) is 0 Å². The minimum absolute atomic E-state index is 0.401. The molecule has 0 radical (unpaired) electrons. The maximum atomic E-state index is 4.27. The van der Waals surface area contributed by atoms with E-state index in [2.05, 4.69) is 67.2 Å². The highest BCUT2D eigenvalue weighted by Gasteiger charge is 2.63. The molecule has 0 nitrogen and oxygen atoms in total. The average Bonchev–Trinajstić information content (AvgIpc) is 3.29. The highest BCUT2D eigenvalue weighted by Crippen LogP contribution is 2.71. The van der Waals surface area contributed by atoms with Gasteiger partial charge in [0.25, 0.3) is 0 Å². The van der Waals surface area contributed by atoms with Crippen molar-refractivity contribution in [2.24, 2.45) is 51.2 Å². The molecule has 6 aliphatic rings. The summed E-state index contributed by atoms with van der Waals surface area (Å²) in [5.41, 5.74) is 6.94. The molecular weight excluding hydrogens is 360 g/mol. The lowest BCUT2D eigenvalue weighted by molar-refractivity contribution is 0.128. The van der Waals surface area contributed by atoms with E-state index in [1.807, 2.05) is 0 Å². The summed E-state index contributed by atoms with van der Waals surface area (Å²) in [6, 6.07) is 0. The fourth-order valence-corrected chi connectivity index (χ4v) is 10.1. The Morgan fingerprint density at radius 2 is 1.60 bits per heavy atom. The number of hydrogen-bond acceptors (Lipinski definition) is 0. The van der Waals surface area contributed by atoms with E-state index in [0.717, 1.165) is 29.6 Å². The van der Waals surface area contributed by atoms with Crippen molar-refractivity contribution in [2.45, 2.75) is 99.8 Å². The van der Waals surface area contributed by atoms with E-state index in [1.165, 1.54) is 56.9 Å². The molecule has 0 heteroatoms. The summed E-state index contributed by atoms with van der Waals surface area (Å²) >= 11 is 0. The molecule has 0 aliphatic heterocycles. The Hall–Kier alpha value is -0.780. The van der Waals surface area contributed by atoms with Crippen molar-refractivity contribution in [3.05, 3.63) is 35.5 Å². The van der Waals surface area contributed by atoms with Crippen molar-refractivity contribution in [2.75, 3.05) is 0 Å². The summed E-state index contributed by atoms with van der Waals surface area (Å²) in [5, 5.41) is 0. The number of hydrogen-bond donors (Lipinski definition) is 0. The average molecular weight is 407 g/mol. The van der Waals surface area contributed by atoms with E-state index in [4.69, 9.17) is 0 Å². The molecule has 0 amide bonds. The highest BCUT2D eigenvalue weighted by molar-refractivity contribution is 5.46. The van der Waals surface area contributed by atoms with Gasteiger partial charge in [0.05, 0.1) is 0 Å². The Labute approximate surface area is 186 Å². The van der Waals surface area contributed by atoms with Crippen LogP contribution < -0.4 is 0 Å². The summed E-state index contributed by atoms with van der Waals surface area (Å²) < 4.78 is 0. The minimum atomic E-state index is 0.401. The van der Waals surface area contributed by atoms with Gasteiger partial charge in [-0.25, -0.2) is 0 Å². The molecule has 3 fully saturated rings. The maximum Gasteiger partial charge on any atom is -0.00468 e. The first kappa shape index (κ1) is 21.1. The van der Waals surface area contributed by atoms with Crippen molar-refractivity contribution in [3.8, 4) is 0 Å². The van der Waals surface area contributed by atoms with Crippen molar-refractivity contribution in [1.29, 1.82) is 0 Å². The van der Waals surface area contributed by atoms with E-state index < -0.39 is 0 Å². The Kier molecular flexibility index (Phi) is 4.49. The second kappa shape index (κ2) is 6.39. The smallest absolute Gasteiger partial charge is 0.00468 e. The van der Waals surface area contributed by atoms with E-state index in [9.17, 15) is 0 Å². The van der Waals surface area contributed by atoms with Gasteiger partial charge in [-0.3, -0.25) is 0 Å². The van der Waals surface area contributed by atoms with Gasteiger partial charge in [0.15, 0.2) is 0 Å². The lowest BCUT2D eigenvalue weighted by atomic mass is 9.67. The minimum Gasteiger partial charge on any atom is -0.0955 e. The molecule has 4 unspecified atom stereocenters. The number of fused-ring (bicyclic) bond motifs is 1. The fraction of sp³-hybridized carbons (Fsp3) is 0.800. The fourth-order valence-electron chi connectivity index (χ4n) is 10.1. The molecule has 3 saturated carbocycles. The van der Waals surface area contributed by atoms with Gasteiger partial charge >= 0.3 is 0 Å². The SMILES string of the molecule is C=C1CC[C@]23C=C1C(C)(C)[C@H]2CC[C@H]3C.CC1=CCC23CC1C(C)(C)C2CCC3C. The van der Waals surface area contributed by atoms with Crippen LogP contribution in [0, 0.1) is 51.2 Å². The molecule has 6 aliphatic carbocycles. The van der Waals surface area contributed by atoms with Crippen LogP contribution in [0.1, 0.15) is 99.8 Å². The van der Waals surface area contributed by atoms with Crippen LogP contribution >= 0.6 is 0 Å². The second-order valence-corrected chi connectivity index (χ2v) is 13.5. The first-order chi connectivity index (χ1) is 14.0. The molecule has 6 rings (SSSR count). The third kappa shape index (κ3) is 2.46. The Morgan fingerprint density at radius 1 is 0.933 bits per heavy atom. The lowest BCUT2D eigenvalue weighted by Gasteiger charge is -2.36. The van der Waals surface area contributed by atoms with Gasteiger partial charge in [0, 0.05) is 0 Å². The van der Waals surface area contributed by atoms with E-state index >= 15 is 0 Å². The van der Waals surface area contributed by atoms with Gasteiger partial charge in [-0.1, -0.05) is 71.4 Å². The highest BCUT2D eigenvalue weighted by atomic mass is 14.7. The quantitative estimate of drug-likeness (QED) is 0.353. The van der Waals surface area contributed by atoms with Crippen LogP contribution in [0.2, 0.25) is 0 Å². The van der Waals surface area contributed by atoms with Crippen molar-refractivity contribution >= 4 is 0 Å². The molecule has 0 aromatic carbocycles. The Balaban J connectivity index is 0.000000128. The van der Waals surface area contributed by atoms with Gasteiger partial charge in [0.2, 0.25) is 0 Å². The molecule has 166 valence electrons. The van der Waals surface area contributed by atoms with Crippen LogP contribution in [0.5, 0.6) is 0 Å². The van der Waals surface area contributed by atoms with Gasteiger partial charge in [-0.05, 0) is 115 Å². The molecule has 7 atom stereocenters. The lowest BCUT2D eigenvalue weighted by Crippen LogP contribution is -2.31. The van der Waals surface area contributed by atoms with E-state index in [-0.39, 0.29) is 0 Å². The topological polar surface area (TPSA) is 0 Å². The molecule has 0 saturated heterocycles. The third-order valence-corrected chi connectivity index (χ3v) is 12.0. The first-order valence-electron chi connectivity index (χ1n) is 13.0. The molecule has 0 N–H and O–H groups in total. The predicted molar refractivity (Wildman–Crippen MR) is 129 cm³/mol. The standard InChI is InChI=1S/C15H24.C15H22/c2*1-10-7-8-15-9-12(10)14(3,4)13(15)6-5-11(15)2/h7,11-13H,5-6,8-9H2,1-4H3;9,11,13H,1,5-8H2,2-4H3/t;11-,13-,15-/m.1/s1. The first-order valence-corrected chi connectivity index (χ1v) is 13.0.